The van der Waals surface area contributed by atoms with Crippen LogP contribution in [0, 0.1) is 13.8 Å². The van der Waals surface area contributed by atoms with Crippen molar-refractivity contribution in [2.75, 3.05) is 11.9 Å². The molecule has 1 heterocycles. The van der Waals surface area contributed by atoms with Crippen molar-refractivity contribution in [2.24, 2.45) is 0 Å². The Balaban J connectivity index is 1.94. The molecule has 0 aliphatic heterocycles. The van der Waals surface area contributed by atoms with Crippen LogP contribution >= 0.6 is 0 Å². The summed E-state index contributed by atoms with van der Waals surface area (Å²) in [4.78, 5) is 37.1. The summed E-state index contributed by atoms with van der Waals surface area (Å²) >= 11 is 0. The van der Waals surface area contributed by atoms with Gasteiger partial charge >= 0.3 is 0 Å². The van der Waals surface area contributed by atoms with Gasteiger partial charge < -0.3 is 15.6 Å². The van der Waals surface area contributed by atoms with E-state index in [9.17, 15) is 14.4 Å². The number of pyridine rings is 1. The predicted molar refractivity (Wildman–Crippen MR) is 83.9 cm³/mol. The van der Waals surface area contributed by atoms with E-state index < -0.39 is 5.91 Å². The lowest BCUT2D eigenvalue weighted by atomic mass is 10.1. The molecule has 0 atom stereocenters. The minimum Gasteiger partial charge on any atom is -0.343 e. The Hall–Kier alpha value is -2.89. The minimum absolute atomic E-state index is 0.147. The molecule has 2 rings (SSSR count). The highest BCUT2D eigenvalue weighted by Crippen LogP contribution is 2.18. The Bertz CT molecular complexity index is 725. The molecule has 0 aliphatic carbocycles. The highest BCUT2D eigenvalue weighted by Gasteiger charge is 2.10. The van der Waals surface area contributed by atoms with E-state index in [4.69, 9.17) is 0 Å². The van der Waals surface area contributed by atoms with E-state index in [-0.39, 0.29) is 18.0 Å². The molecule has 114 valence electrons. The number of amides is 2. The van der Waals surface area contributed by atoms with Crippen molar-refractivity contribution in [1.29, 1.82) is 0 Å². The minimum atomic E-state index is -0.423. The molecule has 3 N–H and O–H groups in total. The van der Waals surface area contributed by atoms with Gasteiger partial charge in [-0.3, -0.25) is 14.4 Å². The highest BCUT2D eigenvalue weighted by atomic mass is 16.2. The van der Waals surface area contributed by atoms with Crippen molar-refractivity contribution in [3.8, 4) is 0 Å². The number of nitrogens with one attached hydrogen (secondary N) is 3. The summed E-state index contributed by atoms with van der Waals surface area (Å²) in [5, 5.41) is 5.29. The molecule has 0 saturated heterocycles. The Labute approximate surface area is 127 Å². The van der Waals surface area contributed by atoms with Crippen molar-refractivity contribution in [3.63, 3.8) is 0 Å². The van der Waals surface area contributed by atoms with Gasteiger partial charge in [0.15, 0.2) is 0 Å². The van der Waals surface area contributed by atoms with Crippen LogP contribution in [0.3, 0.4) is 0 Å². The summed E-state index contributed by atoms with van der Waals surface area (Å²) in [5.41, 5.74) is 2.68. The summed E-state index contributed by atoms with van der Waals surface area (Å²) < 4.78 is 0. The number of aromatic nitrogens is 1. The van der Waals surface area contributed by atoms with E-state index >= 15 is 0 Å². The molecule has 2 amide bonds. The second-order valence-corrected chi connectivity index (χ2v) is 4.94. The molecule has 0 saturated carbocycles. The van der Waals surface area contributed by atoms with Crippen LogP contribution in [0.4, 0.5) is 5.69 Å². The van der Waals surface area contributed by atoms with Gasteiger partial charge in [-0.15, -0.1) is 0 Å². The van der Waals surface area contributed by atoms with Crippen LogP contribution in [-0.2, 0) is 4.79 Å². The van der Waals surface area contributed by atoms with Crippen molar-refractivity contribution >= 4 is 17.5 Å². The van der Waals surface area contributed by atoms with Crippen molar-refractivity contribution in [2.45, 2.75) is 13.8 Å². The summed E-state index contributed by atoms with van der Waals surface area (Å²) in [7, 11) is 0. The number of carbonyl (C=O) groups is 2. The first-order valence-corrected chi connectivity index (χ1v) is 6.80. The molecule has 2 aromatic rings. The SMILES string of the molecule is Cc1cccc(C)c1NC(=O)CNC(=O)c1ccc(=O)[nH]c1. The molecular formula is C16H17N3O3. The second kappa shape index (κ2) is 6.71. The number of carbonyl (C=O) groups excluding carboxylic acids is 2. The van der Waals surface area contributed by atoms with Gasteiger partial charge in [0.25, 0.3) is 5.91 Å². The number of H-pyrrole nitrogens is 1. The Morgan fingerprint density at radius 3 is 2.36 bits per heavy atom. The maximum Gasteiger partial charge on any atom is 0.253 e. The van der Waals surface area contributed by atoms with Gasteiger partial charge in [0, 0.05) is 18.0 Å². The number of hydrogen-bond acceptors (Lipinski definition) is 3. The van der Waals surface area contributed by atoms with E-state index in [1.54, 1.807) is 0 Å². The van der Waals surface area contributed by atoms with Crippen LogP contribution in [0.25, 0.3) is 0 Å². The zero-order valence-corrected chi connectivity index (χ0v) is 12.4. The lowest BCUT2D eigenvalue weighted by Gasteiger charge is -2.11. The number of hydrogen-bond donors (Lipinski definition) is 3. The molecule has 0 unspecified atom stereocenters. The number of aromatic amines is 1. The monoisotopic (exact) mass is 299 g/mol. The number of aryl methyl sites for hydroxylation is 2. The van der Waals surface area contributed by atoms with Gasteiger partial charge in [-0.1, -0.05) is 18.2 Å². The fraction of sp³-hybridized carbons (Fsp3) is 0.188. The number of rotatable bonds is 4. The Morgan fingerprint density at radius 1 is 1.09 bits per heavy atom. The lowest BCUT2D eigenvalue weighted by molar-refractivity contribution is -0.115. The fourth-order valence-corrected chi connectivity index (χ4v) is 2.01. The van der Waals surface area contributed by atoms with E-state index in [0.29, 0.717) is 5.56 Å². The van der Waals surface area contributed by atoms with Gasteiger partial charge in [0.05, 0.1) is 12.1 Å². The molecule has 0 spiro atoms. The molecular weight excluding hydrogens is 282 g/mol. The van der Waals surface area contributed by atoms with Crippen molar-refractivity contribution in [3.05, 3.63) is 63.6 Å². The molecule has 0 radical (unpaired) electrons. The van der Waals surface area contributed by atoms with Crippen molar-refractivity contribution in [1.82, 2.24) is 10.3 Å². The Kier molecular flexibility index (Phi) is 4.73. The third kappa shape index (κ3) is 3.82. The third-order valence-electron chi connectivity index (χ3n) is 3.20. The van der Waals surface area contributed by atoms with Gasteiger partial charge in [-0.2, -0.15) is 0 Å². The Morgan fingerprint density at radius 2 is 1.77 bits per heavy atom. The van der Waals surface area contributed by atoms with E-state index in [0.717, 1.165) is 16.8 Å². The summed E-state index contributed by atoms with van der Waals surface area (Å²) in [5.74, 6) is -0.733. The largest absolute Gasteiger partial charge is 0.343 e. The number of anilines is 1. The van der Waals surface area contributed by atoms with Gasteiger partial charge in [0.2, 0.25) is 11.5 Å². The number of benzene rings is 1. The molecule has 0 bridgehead atoms. The quantitative estimate of drug-likeness (QED) is 0.796. The number of para-hydroxylation sites is 1. The van der Waals surface area contributed by atoms with Gasteiger partial charge in [0.1, 0.15) is 0 Å². The topological polar surface area (TPSA) is 91.1 Å². The average molecular weight is 299 g/mol. The van der Waals surface area contributed by atoms with Crippen LogP contribution in [0.1, 0.15) is 21.5 Å². The molecule has 22 heavy (non-hydrogen) atoms. The maximum atomic E-state index is 11.9. The van der Waals surface area contributed by atoms with Gasteiger partial charge in [-0.05, 0) is 31.0 Å². The summed E-state index contributed by atoms with van der Waals surface area (Å²) in [6.07, 6.45) is 1.31. The van der Waals surface area contributed by atoms with Crippen molar-refractivity contribution < 1.29 is 9.59 Å². The molecule has 0 aliphatic rings. The first-order chi connectivity index (χ1) is 10.5. The first-order valence-electron chi connectivity index (χ1n) is 6.80. The molecule has 6 heteroatoms. The third-order valence-corrected chi connectivity index (χ3v) is 3.20. The summed E-state index contributed by atoms with van der Waals surface area (Å²) in [6.45, 7) is 3.66. The first kappa shape index (κ1) is 15.5. The van der Waals surface area contributed by atoms with Crippen LogP contribution in [0.5, 0.6) is 0 Å². The standard InChI is InChI=1S/C16H17N3O3/c1-10-4-3-5-11(2)15(10)19-14(21)9-18-16(22)12-6-7-13(20)17-8-12/h3-8H,9H2,1-2H3,(H,17,20)(H,18,22)(H,19,21). The van der Waals surface area contributed by atoms with Crippen LogP contribution in [0.15, 0.2) is 41.3 Å². The normalized spacial score (nSPS) is 10.1. The van der Waals surface area contributed by atoms with E-state index in [1.165, 1.54) is 18.3 Å². The highest BCUT2D eigenvalue weighted by molar-refractivity contribution is 5.99. The maximum absolute atomic E-state index is 11.9. The smallest absolute Gasteiger partial charge is 0.253 e. The molecule has 6 nitrogen and oxygen atoms in total. The zero-order valence-electron chi connectivity index (χ0n) is 12.4. The zero-order chi connectivity index (χ0) is 16.1. The van der Waals surface area contributed by atoms with Gasteiger partial charge in [-0.25, -0.2) is 0 Å². The predicted octanol–water partition coefficient (Wildman–Crippen LogP) is 1.36. The van der Waals surface area contributed by atoms with Crippen LogP contribution < -0.4 is 16.2 Å². The average Bonchev–Trinajstić information content (AvgIpc) is 2.49. The van der Waals surface area contributed by atoms with Crippen LogP contribution in [-0.4, -0.2) is 23.3 Å². The molecule has 1 aromatic heterocycles. The summed E-state index contributed by atoms with van der Waals surface area (Å²) in [6, 6.07) is 8.38. The second-order valence-electron chi connectivity index (χ2n) is 4.94. The lowest BCUT2D eigenvalue weighted by Crippen LogP contribution is -2.33. The van der Waals surface area contributed by atoms with E-state index in [1.807, 2.05) is 32.0 Å². The molecule has 0 fully saturated rings. The van der Waals surface area contributed by atoms with Crippen LogP contribution in [0.2, 0.25) is 0 Å². The fourth-order valence-electron chi connectivity index (χ4n) is 2.01. The molecule has 1 aromatic carbocycles. The van der Waals surface area contributed by atoms with E-state index in [2.05, 4.69) is 15.6 Å².